The van der Waals surface area contributed by atoms with Crippen molar-refractivity contribution < 1.29 is 9.18 Å². The van der Waals surface area contributed by atoms with E-state index in [4.69, 9.17) is 0 Å². The lowest BCUT2D eigenvalue weighted by molar-refractivity contribution is -0.119. The number of nitriles is 1. The van der Waals surface area contributed by atoms with E-state index in [1.807, 2.05) is 38.1 Å². The third-order valence-electron chi connectivity index (χ3n) is 5.59. The Hall–Kier alpha value is -1.92. The van der Waals surface area contributed by atoms with Crippen molar-refractivity contribution in [2.45, 2.75) is 40.4 Å². The first kappa shape index (κ1) is 20.4. The summed E-state index contributed by atoms with van der Waals surface area (Å²) in [6, 6.07) is 16.4. The van der Waals surface area contributed by atoms with Crippen LogP contribution in [0.15, 0.2) is 53.5 Å². The maximum absolute atomic E-state index is 13.2. The van der Waals surface area contributed by atoms with Crippen molar-refractivity contribution in [3.05, 3.63) is 71.0 Å². The highest BCUT2D eigenvalue weighted by Crippen LogP contribution is 2.49. The molecule has 148 valence electrons. The molecule has 4 rings (SSSR count). The average molecular weight is 519 g/mol. The van der Waals surface area contributed by atoms with Crippen LogP contribution in [-0.2, 0) is 18.5 Å². The minimum absolute atomic E-state index is 0.217. The lowest BCUT2D eigenvalue weighted by atomic mass is 9.93. The highest BCUT2D eigenvalue weighted by molar-refractivity contribution is 14.1. The van der Waals surface area contributed by atoms with Gasteiger partial charge >= 0.3 is 0 Å². The van der Waals surface area contributed by atoms with E-state index >= 15 is 0 Å². The molecule has 1 aliphatic heterocycles. The molecule has 2 aromatic carbocycles. The molecule has 1 heterocycles. The van der Waals surface area contributed by atoms with Crippen molar-refractivity contribution in [2.75, 3.05) is 0 Å². The van der Waals surface area contributed by atoms with E-state index in [0.717, 1.165) is 29.5 Å². The zero-order valence-electron chi connectivity index (χ0n) is 16.0. The number of carbonyl (C=O) groups excluding carboxylic acids is 1. The smallest absolute Gasteiger partial charge is 0.268 e. The molecule has 0 spiro atoms. The van der Waals surface area contributed by atoms with Crippen molar-refractivity contribution >= 4 is 45.4 Å². The number of hydrogen-bond donors (Lipinski definition) is 1. The summed E-state index contributed by atoms with van der Waals surface area (Å²) in [5.41, 5.74) is 2.42. The van der Waals surface area contributed by atoms with E-state index in [2.05, 4.69) is 39.0 Å². The highest BCUT2D eigenvalue weighted by Gasteiger charge is 2.47. The van der Waals surface area contributed by atoms with Crippen molar-refractivity contribution in [2.24, 2.45) is 4.99 Å². The van der Waals surface area contributed by atoms with Gasteiger partial charge in [-0.25, -0.2) is 4.39 Å². The Morgan fingerprint density at radius 3 is 2.31 bits per heavy atom. The number of benzene rings is 2. The molecule has 0 aromatic heterocycles. The topological polar surface area (TPSA) is 65.2 Å². The van der Waals surface area contributed by atoms with Gasteiger partial charge in [-0.3, -0.25) is 4.79 Å². The first-order valence-corrected chi connectivity index (χ1v) is 11.2. The van der Waals surface area contributed by atoms with Gasteiger partial charge in [0.25, 0.3) is 5.91 Å². The second-order valence-electron chi connectivity index (χ2n) is 7.76. The molecule has 0 radical (unpaired) electrons. The minimum atomic E-state index is -0.820. The summed E-state index contributed by atoms with van der Waals surface area (Å²) in [4.78, 5) is 17.0. The SMILES string of the molecule is CC1(c2ccc(C3(C#N)CC3)cc2)SC(N[C@@](C)(I)c2ccc(F)cc2)=NC1=O. The second kappa shape index (κ2) is 7.10. The van der Waals surface area contributed by atoms with Gasteiger partial charge < -0.3 is 5.32 Å². The van der Waals surface area contributed by atoms with Crippen LogP contribution in [0.5, 0.6) is 0 Å². The Balaban J connectivity index is 1.52. The van der Waals surface area contributed by atoms with Gasteiger partial charge in [0.15, 0.2) is 5.17 Å². The lowest BCUT2D eigenvalue weighted by Gasteiger charge is -2.27. The first-order valence-electron chi connectivity index (χ1n) is 9.26. The van der Waals surface area contributed by atoms with Gasteiger partial charge in [0.2, 0.25) is 0 Å². The van der Waals surface area contributed by atoms with Crippen LogP contribution in [0.1, 0.15) is 43.4 Å². The molecule has 29 heavy (non-hydrogen) atoms. The average Bonchev–Trinajstić information content (AvgIpc) is 3.44. The van der Waals surface area contributed by atoms with Crippen LogP contribution < -0.4 is 5.32 Å². The quantitative estimate of drug-likeness (QED) is 0.346. The molecule has 1 fully saturated rings. The fraction of sp³-hybridized carbons (Fsp3) is 0.318. The Labute approximate surface area is 187 Å². The van der Waals surface area contributed by atoms with Crippen LogP contribution in [-0.4, -0.2) is 11.1 Å². The number of halogens is 2. The molecule has 1 N–H and O–H groups in total. The number of carbonyl (C=O) groups is 1. The number of amidine groups is 1. The van der Waals surface area contributed by atoms with Crippen molar-refractivity contribution in [1.29, 1.82) is 5.26 Å². The van der Waals surface area contributed by atoms with Gasteiger partial charge in [-0.2, -0.15) is 10.3 Å². The minimum Gasteiger partial charge on any atom is -0.346 e. The lowest BCUT2D eigenvalue weighted by Crippen LogP contribution is -2.37. The Morgan fingerprint density at radius 2 is 1.76 bits per heavy atom. The number of nitrogens with zero attached hydrogens (tertiary/aromatic N) is 2. The summed E-state index contributed by atoms with van der Waals surface area (Å²) in [6.45, 7) is 3.82. The normalized spacial score (nSPS) is 24.4. The van der Waals surface area contributed by atoms with Crippen LogP contribution in [0.4, 0.5) is 4.39 Å². The van der Waals surface area contributed by atoms with E-state index in [1.54, 1.807) is 12.1 Å². The summed E-state index contributed by atoms with van der Waals surface area (Å²) in [6.07, 6.45) is 1.78. The number of amides is 1. The first-order chi connectivity index (χ1) is 13.7. The summed E-state index contributed by atoms with van der Waals surface area (Å²) in [7, 11) is 0. The Bertz CT molecular complexity index is 1040. The van der Waals surface area contributed by atoms with Crippen LogP contribution >= 0.6 is 34.4 Å². The molecular weight excluding hydrogens is 500 g/mol. The summed E-state index contributed by atoms with van der Waals surface area (Å²) < 4.78 is 11.9. The number of aliphatic imine (C=N–C) groups is 1. The summed E-state index contributed by atoms with van der Waals surface area (Å²) in [5, 5.41) is 13.2. The Morgan fingerprint density at radius 1 is 1.17 bits per heavy atom. The summed E-state index contributed by atoms with van der Waals surface area (Å²) >= 11 is 3.61. The predicted molar refractivity (Wildman–Crippen MR) is 121 cm³/mol. The highest BCUT2D eigenvalue weighted by atomic mass is 127. The van der Waals surface area contributed by atoms with E-state index in [1.165, 1.54) is 23.9 Å². The zero-order chi connectivity index (χ0) is 20.9. The number of thioether (sulfide) groups is 1. The standard InChI is InChI=1S/C22H19FIN3OS/c1-20(14-3-5-16(6-4-14)22(13-25)11-12-22)18(28)26-19(29-20)27-21(2,24)15-7-9-17(23)10-8-15/h3-10H,11-12H2,1-2H3,(H,26,27,28)/t20?,21-/m1/s1. The van der Waals surface area contributed by atoms with E-state index in [-0.39, 0.29) is 17.1 Å². The van der Waals surface area contributed by atoms with Crippen LogP contribution in [0, 0.1) is 17.1 Å². The maximum Gasteiger partial charge on any atom is 0.268 e. The van der Waals surface area contributed by atoms with E-state index in [9.17, 15) is 14.4 Å². The van der Waals surface area contributed by atoms with Crippen LogP contribution in [0.3, 0.4) is 0 Å². The molecule has 0 saturated heterocycles. The van der Waals surface area contributed by atoms with Gasteiger partial charge in [-0.1, -0.05) is 48.2 Å². The molecule has 2 atom stereocenters. The van der Waals surface area contributed by atoms with Crippen LogP contribution in [0.25, 0.3) is 0 Å². The Kier molecular flexibility index (Phi) is 4.98. The molecule has 2 aliphatic rings. The van der Waals surface area contributed by atoms with Gasteiger partial charge in [0.1, 0.15) is 14.1 Å². The molecule has 7 heteroatoms. The zero-order valence-corrected chi connectivity index (χ0v) is 19.0. The monoisotopic (exact) mass is 519 g/mol. The third-order valence-corrected chi connectivity index (χ3v) is 7.69. The van der Waals surface area contributed by atoms with E-state index in [0.29, 0.717) is 5.17 Å². The van der Waals surface area contributed by atoms with E-state index < -0.39 is 8.29 Å². The van der Waals surface area contributed by atoms with Crippen molar-refractivity contribution in [1.82, 2.24) is 5.32 Å². The predicted octanol–water partition coefficient (Wildman–Crippen LogP) is 5.12. The molecule has 0 bridgehead atoms. The molecule has 2 aromatic rings. The number of hydrogen-bond acceptors (Lipinski definition) is 4. The van der Waals surface area contributed by atoms with Gasteiger partial charge in [-0.05, 0) is 78.1 Å². The summed E-state index contributed by atoms with van der Waals surface area (Å²) in [5.74, 6) is -0.505. The molecule has 1 amide bonds. The molecule has 1 saturated carbocycles. The second-order valence-corrected chi connectivity index (χ2v) is 11.3. The van der Waals surface area contributed by atoms with Crippen LogP contribution in [0.2, 0.25) is 0 Å². The van der Waals surface area contributed by atoms with Crippen molar-refractivity contribution in [3.8, 4) is 6.07 Å². The number of rotatable bonds is 4. The fourth-order valence-electron chi connectivity index (χ4n) is 3.43. The number of alkyl halides is 1. The molecule has 1 unspecified atom stereocenters. The third kappa shape index (κ3) is 3.68. The largest absolute Gasteiger partial charge is 0.346 e. The number of nitrogens with one attached hydrogen (secondary N) is 1. The van der Waals surface area contributed by atoms with Crippen molar-refractivity contribution in [3.63, 3.8) is 0 Å². The fourth-order valence-corrected chi connectivity index (χ4v) is 5.38. The molecule has 4 nitrogen and oxygen atoms in total. The van der Waals surface area contributed by atoms with Gasteiger partial charge in [0.05, 0.1) is 11.5 Å². The van der Waals surface area contributed by atoms with Gasteiger partial charge in [-0.15, -0.1) is 0 Å². The molecule has 1 aliphatic carbocycles. The molecular formula is C22H19FIN3OS. The maximum atomic E-state index is 13.2. The van der Waals surface area contributed by atoms with Gasteiger partial charge in [0, 0.05) is 0 Å².